The van der Waals surface area contributed by atoms with Gasteiger partial charge in [0, 0.05) is 17.2 Å². The molecule has 2 aliphatic heterocycles. The van der Waals surface area contributed by atoms with Crippen LogP contribution >= 0.6 is 15.9 Å². The van der Waals surface area contributed by atoms with Crippen molar-refractivity contribution in [2.45, 2.75) is 25.4 Å². The molecule has 0 amide bonds. The minimum Gasteiger partial charge on any atom is -0.493 e. The molecule has 2 atom stereocenters. The summed E-state index contributed by atoms with van der Waals surface area (Å²) in [5.74, 6) is 0.937. The average Bonchev–Trinajstić information content (AvgIpc) is 3.16. The summed E-state index contributed by atoms with van der Waals surface area (Å²) in [6.07, 6.45) is 6.47. The average molecular weight is 454 g/mol. The molecule has 7 heteroatoms. The monoisotopic (exact) mass is 453 g/mol. The van der Waals surface area contributed by atoms with Gasteiger partial charge >= 0.3 is 0 Å². The summed E-state index contributed by atoms with van der Waals surface area (Å²) in [6, 6.07) is 6.03. The van der Waals surface area contributed by atoms with E-state index in [-0.39, 0.29) is 17.9 Å². The molecule has 1 aromatic carbocycles. The first-order valence-electron chi connectivity index (χ1n) is 9.21. The number of hydrogen-bond acceptors (Lipinski definition) is 6. The Balaban J connectivity index is 1.88. The molecule has 0 saturated carbocycles. The van der Waals surface area contributed by atoms with Crippen LogP contribution < -0.4 is 15.2 Å². The third-order valence-electron chi connectivity index (χ3n) is 5.31. The van der Waals surface area contributed by atoms with Gasteiger partial charge in [0.05, 0.1) is 24.4 Å². The maximum Gasteiger partial charge on any atom is 0.200 e. The van der Waals surface area contributed by atoms with E-state index in [9.17, 15) is 5.26 Å². The van der Waals surface area contributed by atoms with Crippen molar-refractivity contribution >= 4 is 21.6 Å². The molecule has 148 valence electrons. The number of methoxy groups -OCH3 is 2. The van der Waals surface area contributed by atoms with Crippen molar-refractivity contribution < 1.29 is 14.2 Å². The van der Waals surface area contributed by atoms with Crippen LogP contribution in [0.2, 0.25) is 0 Å². The molecule has 2 heterocycles. The zero-order chi connectivity index (χ0) is 20.7. The van der Waals surface area contributed by atoms with Crippen LogP contribution in [0.4, 0.5) is 0 Å². The first-order chi connectivity index (χ1) is 14.0. The number of benzene rings is 1. The molecule has 1 aromatic rings. The van der Waals surface area contributed by atoms with Crippen LogP contribution in [0, 0.1) is 11.3 Å². The van der Waals surface area contributed by atoms with Crippen molar-refractivity contribution in [1.29, 1.82) is 5.26 Å². The highest BCUT2D eigenvalue weighted by molar-refractivity contribution is 9.10. The molecule has 4 rings (SSSR count). The van der Waals surface area contributed by atoms with Gasteiger partial charge in [-0.25, -0.2) is 0 Å². The topological polar surface area (TPSA) is 89.9 Å². The molecule has 0 fully saturated rings. The van der Waals surface area contributed by atoms with E-state index < -0.39 is 0 Å². The van der Waals surface area contributed by atoms with Crippen molar-refractivity contribution in [2.75, 3.05) is 14.2 Å². The number of nitrogens with zero attached hydrogens (tertiary/aromatic N) is 2. The van der Waals surface area contributed by atoms with Crippen LogP contribution in [0.15, 0.2) is 68.1 Å². The molecule has 1 aliphatic carbocycles. The zero-order valence-electron chi connectivity index (χ0n) is 16.3. The third-order valence-corrected chi connectivity index (χ3v) is 5.89. The Morgan fingerprint density at radius 2 is 2.07 bits per heavy atom. The van der Waals surface area contributed by atoms with Crippen LogP contribution in [0.25, 0.3) is 0 Å². The number of rotatable bonds is 4. The standard InChI is InChI=1S/C22H20BrN3O3/c1-4-12-9-14-17(26-12)6-5-13-19(15(10-24)22(25)29-20(13)14)11-7-16(23)21(28-3)18(8-11)27-2/h5-9,19-20H,4,25H2,1-3H3. The highest BCUT2D eigenvalue weighted by Gasteiger charge is 2.41. The van der Waals surface area contributed by atoms with E-state index in [1.54, 1.807) is 14.2 Å². The van der Waals surface area contributed by atoms with Gasteiger partial charge in [0.25, 0.3) is 0 Å². The van der Waals surface area contributed by atoms with E-state index >= 15 is 0 Å². The smallest absolute Gasteiger partial charge is 0.200 e. The van der Waals surface area contributed by atoms with Gasteiger partial charge in [0.15, 0.2) is 17.4 Å². The van der Waals surface area contributed by atoms with Gasteiger partial charge in [-0.15, -0.1) is 0 Å². The molecule has 0 spiro atoms. The number of halogens is 1. The van der Waals surface area contributed by atoms with Gasteiger partial charge < -0.3 is 19.9 Å². The van der Waals surface area contributed by atoms with Crippen LogP contribution in [0.3, 0.4) is 0 Å². The Bertz CT molecular complexity index is 1090. The van der Waals surface area contributed by atoms with Gasteiger partial charge in [-0.05, 0) is 57.8 Å². The lowest BCUT2D eigenvalue weighted by Gasteiger charge is -2.36. The summed E-state index contributed by atoms with van der Waals surface area (Å²) < 4.78 is 17.7. The van der Waals surface area contributed by atoms with E-state index in [0.29, 0.717) is 17.1 Å². The van der Waals surface area contributed by atoms with Crippen LogP contribution in [0.5, 0.6) is 11.5 Å². The van der Waals surface area contributed by atoms with Crippen molar-refractivity contribution in [3.8, 4) is 17.6 Å². The summed E-state index contributed by atoms with van der Waals surface area (Å²) in [6.45, 7) is 2.07. The summed E-state index contributed by atoms with van der Waals surface area (Å²) in [5, 5.41) is 9.83. The predicted molar refractivity (Wildman–Crippen MR) is 114 cm³/mol. The molecule has 3 aliphatic rings. The summed E-state index contributed by atoms with van der Waals surface area (Å²) in [7, 11) is 3.16. The number of nitriles is 1. The largest absolute Gasteiger partial charge is 0.493 e. The lowest BCUT2D eigenvalue weighted by molar-refractivity contribution is 0.151. The minimum absolute atomic E-state index is 0.137. The number of allylic oxidation sites excluding steroid dienone is 4. The van der Waals surface area contributed by atoms with Crippen molar-refractivity contribution in [3.63, 3.8) is 0 Å². The lowest BCUT2D eigenvalue weighted by atomic mass is 9.76. The fourth-order valence-corrected chi connectivity index (χ4v) is 4.56. The SMILES string of the molecule is CCC1=NC2=CC=C3C(OC(N)=C(C#N)C3c3cc(Br)c(OC)c(OC)c3)C2=C1. The maximum absolute atomic E-state index is 9.83. The predicted octanol–water partition coefficient (Wildman–Crippen LogP) is 4.26. The van der Waals surface area contributed by atoms with E-state index in [2.05, 4.69) is 40.0 Å². The first kappa shape index (κ1) is 19.3. The van der Waals surface area contributed by atoms with E-state index in [0.717, 1.165) is 39.0 Å². The number of fused-ring (bicyclic) bond motifs is 3. The van der Waals surface area contributed by atoms with Crippen molar-refractivity contribution in [1.82, 2.24) is 0 Å². The Labute approximate surface area is 177 Å². The Hall–Kier alpha value is -2.98. The molecule has 0 bridgehead atoms. The summed E-state index contributed by atoms with van der Waals surface area (Å²) >= 11 is 3.55. The third kappa shape index (κ3) is 3.04. The minimum atomic E-state index is -0.378. The summed E-state index contributed by atoms with van der Waals surface area (Å²) in [5.41, 5.74) is 11.2. The van der Waals surface area contributed by atoms with E-state index in [1.165, 1.54) is 0 Å². The number of aliphatic imine (C=N–C) groups is 1. The maximum atomic E-state index is 9.83. The molecular weight excluding hydrogens is 434 g/mol. The fraction of sp³-hybridized carbons (Fsp3) is 0.273. The van der Waals surface area contributed by atoms with Gasteiger partial charge in [-0.3, -0.25) is 4.99 Å². The first-order valence-corrected chi connectivity index (χ1v) is 10.0. The zero-order valence-corrected chi connectivity index (χ0v) is 17.9. The fourth-order valence-electron chi connectivity index (χ4n) is 3.93. The Morgan fingerprint density at radius 3 is 2.72 bits per heavy atom. The van der Waals surface area contributed by atoms with Crippen LogP contribution in [-0.2, 0) is 4.74 Å². The van der Waals surface area contributed by atoms with Crippen molar-refractivity contribution in [2.24, 2.45) is 10.7 Å². The van der Waals surface area contributed by atoms with Crippen LogP contribution in [-0.4, -0.2) is 26.0 Å². The van der Waals surface area contributed by atoms with Gasteiger partial charge in [0.1, 0.15) is 17.7 Å². The summed E-state index contributed by atoms with van der Waals surface area (Å²) in [4.78, 5) is 4.64. The van der Waals surface area contributed by atoms with Crippen LogP contribution in [0.1, 0.15) is 24.8 Å². The highest BCUT2D eigenvalue weighted by atomic mass is 79.9. The highest BCUT2D eigenvalue weighted by Crippen LogP contribution is 2.48. The normalized spacial score (nSPS) is 22.3. The van der Waals surface area contributed by atoms with Gasteiger partial charge in [0.2, 0.25) is 0 Å². The van der Waals surface area contributed by atoms with Gasteiger partial charge in [-0.2, -0.15) is 5.26 Å². The molecule has 0 saturated heterocycles. The number of hydrogen-bond donors (Lipinski definition) is 1. The molecular formula is C22H20BrN3O3. The number of ether oxygens (including phenoxy) is 3. The molecule has 2 unspecified atom stereocenters. The second-order valence-electron chi connectivity index (χ2n) is 6.83. The second kappa shape index (κ2) is 7.45. The van der Waals surface area contributed by atoms with E-state index in [1.807, 2.05) is 24.3 Å². The van der Waals surface area contributed by atoms with E-state index in [4.69, 9.17) is 19.9 Å². The molecule has 0 aromatic heterocycles. The van der Waals surface area contributed by atoms with Crippen molar-refractivity contribution in [3.05, 3.63) is 68.7 Å². The molecule has 29 heavy (non-hydrogen) atoms. The molecule has 2 N–H and O–H groups in total. The Kier molecular flexibility index (Phi) is 4.97. The molecule has 6 nitrogen and oxygen atoms in total. The molecule has 0 radical (unpaired) electrons. The second-order valence-corrected chi connectivity index (χ2v) is 7.69. The Morgan fingerprint density at radius 1 is 1.28 bits per heavy atom. The quantitative estimate of drug-likeness (QED) is 0.735. The van der Waals surface area contributed by atoms with Gasteiger partial charge in [-0.1, -0.05) is 13.0 Å². The number of nitrogens with two attached hydrogens (primary N) is 1. The lowest BCUT2D eigenvalue weighted by Crippen LogP contribution is -2.33.